The van der Waals surface area contributed by atoms with E-state index in [9.17, 15) is 5.26 Å². The third kappa shape index (κ3) is 2.70. The molecule has 1 aliphatic carbocycles. The summed E-state index contributed by atoms with van der Waals surface area (Å²) in [5.41, 5.74) is 1.60. The monoisotopic (exact) mass is 315 g/mol. The summed E-state index contributed by atoms with van der Waals surface area (Å²) in [6, 6.07) is 6.35. The predicted octanol–water partition coefficient (Wildman–Crippen LogP) is 3.33. The molecule has 1 saturated carbocycles. The summed E-state index contributed by atoms with van der Waals surface area (Å²) in [5, 5.41) is 9.91. The van der Waals surface area contributed by atoms with Crippen LogP contribution in [0.15, 0.2) is 24.0 Å². The van der Waals surface area contributed by atoms with Gasteiger partial charge in [0.25, 0.3) is 0 Å². The highest BCUT2D eigenvalue weighted by Gasteiger charge is 2.40. The maximum Gasteiger partial charge on any atom is 0.204 e. The summed E-state index contributed by atoms with van der Waals surface area (Å²) in [6.07, 6.45) is 5.00. The molecule has 0 atom stereocenters. The van der Waals surface area contributed by atoms with Crippen molar-refractivity contribution in [2.24, 2.45) is 0 Å². The molecular weight excluding hydrogens is 294 g/mol. The zero-order valence-electron chi connectivity index (χ0n) is 13.6. The van der Waals surface area contributed by atoms with E-state index >= 15 is 0 Å². The molecule has 5 heteroatoms. The lowest BCUT2D eigenvalue weighted by Crippen LogP contribution is -2.30. The average Bonchev–Trinajstić information content (AvgIpc) is 2.62. The number of hydrogen-bond acceptors (Lipinski definition) is 5. The minimum Gasteiger partial charge on any atom is -0.504 e. The molecule has 0 spiro atoms. The predicted molar refractivity (Wildman–Crippen MR) is 84.8 cm³/mol. The summed E-state index contributed by atoms with van der Waals surface area (Å²) in [7, 11) is 3.26. The first-order chi connectivity index (χ1) is 11.2. The molecule has 0 aromatic heterocycles. The van der Waals surface area contributed by atoms with Gasteiger partial charge in [-0.25, -0.2) is 0 Å². The van der Waals surface area contributed by atoms with E-state index in [4.69, 9.17) is 18.9 Å². The quantitative estimate of drug-likeness (QED) is 0.801. The molecular formula is C18H21NO4. The van der Waals surface area contributed by atoms with E-state index in [-0.39, 0.29) is 0 Å². The topological polar surface area (TPSA) is 60.7 Å². The van der Waals surface area contributed by atoms with Crippen molar-refractivity contribution in [3.05, 3.63) is 29.5 Å². The van der Waals surface area contributed by atoms with Crippen LogP contribution in [0, 0.1) is 11.3 Å². The number of nitriles is 1. The summed E-state index contributed by atoms with van der Waals surface area (Å²) >= 11 is 0. The summed E-state index contributed by atoms with van der Waals surface area (Å²) in [6.45, 7) is 0.983. The highest BCUT2D eigenvalue weighted by atomic mass is 16.6. The molecule has 1 aromatic rings. The minimum absolute atomic E-state index is 0.490. The fourth-order valence-corrected chi connectivity index (χ4v) is 3.37. The number of hydrogen-bond donors (Lipinski definition) is 0. The third-order valence-corrected chi connectivity index (χ3v) is 4.63. The largest absolute Gasteiger partial charge is 0.504 e. The van der Waals surface area contributed by atoms with E-state index in [0.29, 0.717) is 30.5 Å². The van der Waals surface area contributed by atoms with Gasteiger partial charge in [-0.15, -0.1) is 0 Å². The van der Waals surface area contributed by atoms with Crippen LogP contribution in [0.2, 0.25) is 0 Å². The van der Waals surface area contributed by atoms with Gasteiger partial charge in [-0.3, -0.25) is 0 Å². The van der Waals surface area contributed by atoms with Crippen LogP contribution < -0.4 is 14.2 Å². The van der Waals surface area contributed by atoms with Gasteiger partial charge in [-0.2, -0.15) is 5.26 Å². The number of benzene rings is 1. The second-order valence-electron chi connectivity index (χ2n) is 5.88. The Morgan fingerprint density at radius 2 is 1.83 bits per heavy atom. The molecule has 5 nitrogen and oxygen atoms in total. The van der Waals surface area contributed by atoms with E-state index in [2.05, 4.69) is 6.07 Å². The Kier molecular flexibility index (Phi) is 4.33. The first-order valence-electron chi connectivity index (χ1n) is 7.83. The van der Waals surface area contributed by atoms with Crippen LogP contribution in [0.25, 0.3) is 0 Å². The standard InChI is InChI=1S/C18H21NO4/c1-20-11-13-5-7-18(12-19,8-6-13)14-3-4-15(21-2)17-16(14)22-9-10-23-17/h3-4,11H,5-10H2,1-2H3. The van der Waals surface area contributed by atoms with Crippen LogP contribution in [0.4, 0.5) is 0 Å². The van der Waals surface area contributed by atoms with Gasteiger partial charge in [0.05, 0.1) is 32.0 Å². The molecule has 0 saturated heterocycles. The normalized spacial score (nSPS) is 22.9. The Labute approximate surface area is 136 Å². The average molecular weight is 315 g/mol. The van der Waals surface area contributed by atoms with Crippen molar-refractivity contribution in [2.45, 2.75) is 31.1 Å². The Bertz CT molecular complexity index is 650. The molecule has 3 rings (SSSR count). The molecule has 0 radical (unpaired) electrons. The number of rotatable bonds is 3. The first-order valence-corrected chi connectivity index (χ1v) is 7.83. The second kappa shape index (κ2) is 6.41. The number of nitrogens with zero attached hydrogens (tertiary/aromatic N) is 1. The van der Waals surface area contributed by atoms with Crippen LogP contribution >= 0.6 is 0 Å². The van der Waals surface area contributed by atoms with Gasteiger partial charge in [0.15, 0.2) is 11.5 Å². The Balaban J connectivity index is 2.00. The van der Waals surface area contributed by atoms with E-state index in [1.165, 1.54) is 5.57 Å². The molecule has 1 fully saturated rings. The van der Waals surface area contributed by atoms with Gasteiger partial charge in [-0.05, 0) is 43.4 Å². The molecule has 23 heavy (non-hydrogen) atoms. The van der Waals surface area contributed by atoms with E-state index < -0.39 is 5.41 Å². The van der Waals surface area contributed by atoms with Crippen LogP contribution in [-0.4, -0.2) is 27.4 Å². The zero-order chi connectivity index (χ0) is 16.3. The van der Waals surface area contributed by atoms with E-state index in [1.807, 2.05) is 12.1 Å². The van der Waals surface area contributed by atoms with Crippen LogP contribution in [0.5, 0.6) is 17.2 Å². The Morgan fingerprint density at radius 3 is 2.43 bits per heavy atom. The highest BCUT2D eigenvalue weighted by Crippen LogP contribution is 2.50. The number of ether oxygens (including phenoxy) is 4. The van der Waals surface area contributed by atoms with Crippen molar-refractivity contribution in [1.82, 2.24) is 0 Å². The third-order valence-electron chi connectivity index (χ3n) is 4.63. The molecule has 2 aliphatic rings. The summed E-state index contributed by atoms with van der Waals surface area (Å²) in [4.78, 5) is 0. The van der Waals surface area contributed by atoms with Crippen molar-refractivity contribution in [3.8, 4) is 23.3 Å². The molecule has 0 amide bonds. The van der Waals surface area contributed by atoms with Gasteiger partial charge in [0.2, 0.25) is 5.75 Å². The fraction of sp³-hybridized carbons (Fsp3) is 0.500. The van der Waals surface area contributed by atoms with Gasteiger partial charge >= 0.3 is 0 Å². The zero-order valence-corrected chi connectivity index (χ0v) is 13.6. The van der Waals surface area contributed by atoms with E-state index in [0.717, 1.165) is 31.2 Å². The number of methoxy groups -OCH3 is 2. The van der Waals surface area contributed by atoms with Crippen molar-refractivity contribution >= 4 is 0 Å². The number of fused-ring (bicyclic) bond motifs is 1. The summed E-state index contributed by atoms with van der Waals surface area (Å²) in [5.74, 6) is 1.92. The van der Waals surface area contributed by atoms with E-state index in [1.54, 1.807) is 20.5 Å². The molecule has 0 bridgehead atoms. The smallest absolute Gasteiger partial charge is 0.204 e. The Hall–Kier alpha value is -2.35. The lowest BCUT2D eigenvalue weighted by atomic mass is 9.69. The van der Waals surface area contributed by atoms with Gasteiger partial charge < -0.3 is 18.9 Å². The molecule has 1 aliphatic heterocycles. The van der Waals surface area contributed by atoms with Gasteiger partial charge in [-0.1, -0.05) is 0 Å². The molecule has 0 N–H and O–H groups in total. The fourth-order valence-electron chi connectivity index (χ4n) is 3.37. The minimum atomic E-state index is -0.553. The number of allylic oxidation sites excluding steroid dienone is 1. The van der Waals surface area contributed by atoms with Crippen molar-refractivity contribution < 1.29 is 18.9 Å². The van der Waals surface area contributed by atoms with Crippen LogP contribution in [0.1, 0.15) is 31.2 Å². The summed E-state index contributed by atoms with van der Waals surface area (Å²) < 4.78 is 22.1. The molecule has 122 valence electrons. The first kappa shape index (κ1) is 15.5. The maximum absolute atomic E-state index is 9.91. The highest BCUT2D eigenvalue weighted by molar-refractivity contribution is 5.60. The maximum atomic E-state index is 9.91. The lowest BCUT2D eigenvalue weighted by Gasteiger charge is -2.35. The Morgan fingerprint density at radius 1 is 1.13 bits per heavy atom. The SMILES string of the molecule is COC=C1CCC(C#N)(c2ccc(OC)c3c2OCCO3)CC1. The van der Waals surface area contributed by atoms with Gasteiger partial charge in [0, 0.05) is 5.56 Å². The molecule has 0 unspecified atom stereocenters. The second-order valence-corrected chi connectivity index (χ2v) is 5.88. The van der Waals surface area contributed by atoms with Crippen molar-refractivity contribution in [3.63, 3.8) is 0 Å². The van der Waals surface area contributed by atoms with Crippen molar-refractivity contribution in [2.75, 3.05) is 27.4 Å². The lowest BCUT2D eigenvalue weighted by molar-refractivity contribution is 0.160. The van der Waals surface area contributed by atoms with Gasteiger partial charge in [0.1, 0.15) is 13.2 Å². The molecule has 1 heterocycles. The molecule has 1 aromatic carbocycles. The van der Waals surface area contributed by atoms with Crippen LogP contribution in [-0.2, 0) is 10.2 Å². The van der Waals surface area contributed by atoms with Crippen LogP contribution in [0.3, 0.4) is 0 Å². The van der Waals surface area contributed by atoms with Crippen molar-refractivity contribution in [1.29, 1.82) is 5.26 Å².